The van der Waals surface area contributed by atoms with Gasteiger partial charge < -0.3 is 10.6 Å². The van der Waals surface area contributed by atoms with E-state index in [0.717, 1.165) is 28.3 Å². The zero-order valence-corrected chi connectivity index (χ0v) is 21.8. The van der Waals surface area contributed by atoms with Gasteiger partial charge in [0, 0.05) is 6.54 Å². The van der Waals surface area contributed by atoms with Crippen molar-refractivity contribution in [3.63, 3.8) is 0 Å². The number of benzene rings is 3. The van der Waals surface area contributed by atoms with E-state index in [-0.39, 0.29) is 10.8 Å². The second-order valence-electron chi connectivity index (χ2n) is 8.51. The van der Waals surface area contributed by atoms with Crippen LogP contribution in [-0.2, 0) is 21.2 Å². The molecule has 0 aliphatic heterocycles. The highest BCUT2D eigenvalue weighted by molar-refractivity contribution is 7.92. The van der Waals surface area contributed by atoms with Crippen LogP contribution in [0.3, 0.4) is 0 Å². The molecule has 0 bridgehead atoms. The van der Waals surface area contributed by atoms with E-state index < -0.39 is 22.5 Å². The van der Waals surface area contributed by atoms with Crippen molar-refractivity contribution < 1.29 is 18.0 Å². The van der Waals surface area contributed by atoms with Gasteiger partial charge in [0.2, 0.25) is 5.91 Å². The number of amides is 2. The maximum absolute atomic E-state index is 13.7. The van der Waals surface area contributed by atoms with Crippen molar-refractivity contribution in [3.05, 3.63) is 89.5 Å². The molecule has 36 heavy (non-hydrogen) atoms. The summed E-state index contributed by atoms with van der Waals surface area (Å²) in [7, 11) is -4.04. The second-order valence-corrected chi connectivity index (χ2v) is 10.4. The molecule has 190 valence electrons. The lowest BCUT2D eigenvalue weighted by Crippen LogP contribution is -2.39. The van der Waals surface area contributed by atoms with Crippen molar-refractivity contribution in [2.24, 2.45) is 0 Å². The molecule has 0 unspecified atom stereocenters. The number of sulfonamides is 1. The van der Waals surface area contributed by atoms with E-state index in [4.69, 9.17) is 0 Å². The van der Waals surface area contributed by atoms with Crippen molar-refractivity contribution in [3.8, 4) is 0 Å². The van der Waals surface area contributed by atoms with Gasteiger partial charge in [-0.1, -0.05) is 68.3 Å². The molecule has 0 saturated heterocycles. The Morgan fingerprint density at radius 1 is 0.889 bits per heavy atom. The van der Waals surface area contributed by atoms with E-state index in [0.29, 0.717) is 29.9 Å². The van der Waals surface area contributed by atoms with Crippen LogP contribution in [0.4, 0.5) is 11.4 Å². The van der Waals surface area contributed by atoms with Gasteiger partial charge >= 0.3 is 0 Å². The first-order chi connectivity index (χ1) is 17.3. The van der Waals surface area contributed by atoms with Crippen molar-refractivity contribution in [1.29, 1.82) is 0 Å². The normalized spacial score (nSPS) is 11.1. The molecule has 0 aromatic heterocycles. The average Bonchev–Trinajstić information content (AvgIpc) is 2.88. The molecule has 3 rings (SSSR count). The molecule has 2 N–H and O–H groups in total. The maximum atomic E-state index is 13.7. The van der Waals surface area contributed by atoms with Crippen molar-refractivity contribution in [1.82, 2.24) is 5.32 Å². The SMILES string of the molecule is CCCCNC(=O)c1ccccc1NC(=O)CN(c1ccccc1CC)S(=O)(=O)c1ccc(C)cc1. The van der Waals surface area contributed by atoms with E-state index in [1.165, 1.54) is 0 Å². The number of hydrogen-bond donors (Lipinski definition) is 2. The topological polar surface area (TPSA) is 95.6 Å². The van der Waals surface area contributed by atoms with Crippen LogP contribution in [-0.4, -0.2) is 33.3 Å². The predicted octanol–water partition coefficient (Wildman–Crippen LogP) is 4.92. The van der Waals surface area contributed by atoms with Crippen LogP contribution < -0.4 is 14.9 Å². The number of nitrogens with zero attached hydrogens (tertiary/aromatic N) is 1. The van der Waals surface area contributed by atoms with Gasteiger partial charge in [-0.3, -0.25) is 13.9 Å². The molecule has 0 heterocycles. The van der Waals surface area contributed by atoms with Crippen LogP contribution in [0.15, 0.2) is 77.7 Å². The Kier molecular flexibility index (Phi) is 9.25. The Bertz CT molecular complexity index is 1300. The predicted molar refractivity (Wildman–Crippen MR) is 144 cm³/mol. The molecule has 0 atom stereocenters. The Labute approximate surface area is 213 Å². The molecule has 0 aliphatic rings. The standard InChI is InChI=1S/C28H33N3O4S/c1-4-6-19-29-28(33)24-12-8-9-13-25(24)30-27(32)20-31(26-14-10-7-11-22(26)5-2)36(34,35)23-17-15-21(3)16-18-23/h7-18H,4-6,19-20H2,1-3H3,(H,29,33)(H,30,32). The lowest BCUT2D eigenvalue weighted by molar-refractivity contribution is -0.114. The number of aryl methyl sites for hydroxylation is 2. The summed E-state index contributed by atoms with van der Waals surface area (Å²) >= 11 is 0. The number of hydrogen-bond acceptors (Lipinski definition) is 4. The fraction of sp³-hybridized carbons (Fsp3) is 0.286. The Morgan fingerprint density at radius 2 is 1.56 bits per heavy atom. The highest BCUT2D eigenvalue weighted by atomic mass is 32.2. The zero-order valence-electron chi connectivity index (χ0n) is 21.0. The molecule has 8 heteroatoms. The van der Waals surface area contributed by atoms with Gasteiger partial charge in [0.15, 0.2) is 0 Å². The number of nitrogens with one attached hydrogen (secondary N) is 2. The minimum atomic E-state index is -4.04. The van der Waals surface area contributed by atoms with Gasteiger partial charge in [-0.15, -0.1) is 0 Å². The zero-order chi connectivity index (χ0) is 26.1. The van der Waals surface area contributed by atoms with Gasteiger partial charge in [-0.2, -0.15) is 0 Å². The molecule has 0 spiro atoms. The summed E-state index contributed by atoms with van der Waals surface area (Å²) < 4.78 is 28.5. The van der Waals surface area contributed by atoms with Crippen LogP contribution in [0.25, 0.3) is 0 Å². The van der Waals surface area contributed by atoms with Crippen LogP contribution in [0.5, 0.6) is 0 Å². The minimum absolute atomic E-state index is 0.0995. The fourth-order valence-electron chi connectivity index (χ4n) is 3.77. The number of unbranched alkanes of at least 4 members (excludes halogenated alkanes) is 1. The van der Waals surface area contributed by atoms with Crippen LogP contribution in [0, 0.1) is 6.92 Å². The summed E-state index contributed by atoms with van der Waals surface area (Å²) in [4.78, 5) is 26.0. The quantitative estimate of drug-likeness (QED) is 0.360. The van der Waals surface area contributed by atoms with Gasteiger partial charge in [0.1, 0.15) is 6.54 Å². The van der Waals surface area contributed by atoms with Crippen LogP contribution in [0.1, 0.15) is 48.2 Å². The van der Waals surface area contributed by atoms with E-state index >= 15 is 0 Å². The summed E-state index contributed by atoms with van der Waals surface area (Å²) in [5, 5.41) is 5.60. The largest absolute Gasteiger partial charge is 0.352 e. The Balaban J connectivity index is 1.92. The molecule has 0 aliphatic carbocycles. The third kappa shape index (κ3) is 6.51. The van der Waals surface area contributed by atoms with Gasteiger partial charge in [0.25, 0.3) is 15.9 Å². The number of carbonyl (C=O) groups excluding carboxylic acids is 2. The first-order valence-corrected chi connectivity index (χ1v) is 13.6. The molecule has 0 saturated carbocycles. The third-order valence-corrected chi connectivity index (χ3v) is 7.57. The first-order valence-electron chi connectivity index (χ1n) is 12.1. The summed E-state index contributed by atoms with van der Waals surface area (Å²) in [5.74, 6) is -0.842. The fourth-order valence-corrected chi connectivity index (χ4v) is 5.23. The molecule has 2 amide bonds. The van der Waals surface area contributed by atoms with Gasteiger partial charge in [0.05, 0.1) is 21.8 Å². The number of anilines is 2. The van der Waals surface area contributed by atoms with Gasteiger partial charge in [-0.05, 0) is 55.7 Å². The van der Waals surface area contributed by atoms with Crippen LogP contribution in [0.2, 0.25) is 0 Å². The van der Waals surface area contributed by atoms with Crippen LogP contribution >= 0.6 is 0 Å². The Hall–Kier alpha value is -3.65. The monoisotopic (exact) mass is 507 g/mol. The minimum Gasteiger partial charge on any atom is -0.352 e. The van der Waals surface area contributed by atoms with Crippen molar-refractivity contribution in [2.75, 3.05) is 22.7 Å². The average molecular weight is 508 g/mol. The first kappa shape index (κ1) is 26.9. The summed E-state index contributed by atoms with van der Waals surface area (Å²) in [6.45, 7) is 5.94. The van der Waals surface area contributed by atoms with E-state index in [1.807, 2.05) is 32.9 Å². The lowest BCUT2D eigenvalue weighted by Gasteiger charge is -2.26. The second kappa shape index (κ2) is 12.4. The molecule has 3 aromatic carbocycles. The number of para-hydroxylation sites is 2. The molecular formula is C28H33N3O4S. The highest BCUT2D eigenvalue weighted by Gasteiger charge is 2.29. The molecule has 0 radical (unpaired) electrons. The van der Waals surface area contributed by atoms with Crippen molar-refractivity contribution >= 4 is 33.2 Å². The number of carbonyl (C=O) groups is 2. The maximum Gasteiger partial charge on any atom is 0.264 e. The summed E-state index contributed by atoms with van der Waals surface area (Å²) in [5.41, 5.74) is 2.83. The third-order valence-electron chi connectivity index (χ3n) is 5.80. The smallest absolute Gasteiger partial charge is 0.264 e. The van der Waals surface area contributed by atoms with Gasteiger partial charge in [-0.25, -0.2) is 8.42 Å². The molecular weight excluding hydrogens is 474 g/mol. The Morgan fingerprint density at radius 3 is 2.25 bits per heavy atom. The molecule has 7 nitrogen and oxygen atoms in total. The summed E-state index contributed by atoms with van der Waals surface area (Å²) in [6.07, 6.45) is 2.39. The number of rotatable bonds is 11. The lowest BCUT2D eigenvalue weighted by atomic mass is 10.1. The highest BCUT2D eigenvalue weighted by Crippen LogP contribution is 2.28. The molecule has 0 fully saturated rings. The van der Waals surface area contributed by atoms with E-state index in [9.17, 15) is 18.0 Å². The summed E-state index contributed by atoms with van der Waals surface area (Å²) in [6, 6.07) is 20.4. The van der Waals surface area contributed by atoms with E-state index in [2.05, 4.69) is 10.6 Å². The van der Waals surface area contributed by atoms with Crippen molar-refractivity contribution in [2.45, 2.75) is 44.9 Å². The molecule has 3 aromatic rings. The van der Waals surface area contributed by atoms with E-state index in [1.54, 1.807) is 60.7 Å².